The minimum atomic E-state index is -0.539. The molecule has 0 aliphatic carbocycles. The van der Waals surface area contributed by atoms with Gasteiger partial charge in [0, 0.05) is 30.3 Å². The number of amidine groups is 1. The lowest BCUT2D eigenvalue weighted by Gasteiger charge is -2.20. The Labute approximate surface area is 180 Å². The van der Waals surface area contributed by atoms with Gasteiger partial charge in [0.15, 0.2) is 5.17 Å². The van der Waals surface area contributed by atoms with Crippen LogP contribution in [0.4, 0.5) is 15.8 Å². The van der Waals surface area contributed by atoms with Gasteiger partial charge < -0.3 is 10.2 Å². The fourth-order valence-corrected chi connectivity index (χ4v) is 4.13. The molecular weight excluding hydrogens is 420 g/mol. The Morgan fingerprint density at radius 3 is 2.68 bits per heavy atom. The Hall–Kier alpha value is -1.76. The van der Waals surface area contributed by atoms with Gasteiger partial charge in [-0.25, -0.2) is 9.38 Å². The molecule has 2 aromatic carbocycles. The van der Waals surface area contributed by atoms with Crippen molar-refractivity contribution >= 4 is 58.2 Å². The molecule has 0 saturated carbocycles. The van der Waals surface area contributed by atoms with Crippen LogP contribution in [0.25, 0.3) is 0 Å². The molecule has 3 rings (SSSR count). The molecule has 0 aromatic heterocycles. The zero-order valence-electron chi connectivity index (χ0n) is 15.6. The standard InChI is InChI=1S/C20H21ClFN3OS.ClH/c1-3-13-4-7-15(8-5-13)23-20-25(2)16(12-27-20)11-19(26)24-18-9-6-14(21)10-17(18)22;/h4-10,16H,3,11-12H2,1-2H3,(H,24,26);1H/b23-20-;. The van der Waals surface area contributed by atoms with Crippen molar-refractivity contribution in [1.82, 2.24) is 4.90 Å². The second kappa shape index (κ2) is 10.1. The summed E-state index contributed by atoms with van der Waals surface area (Å²) in [6.07, 6.45) is 1.26. The van der Waals surface area contributed by atoms with E-state index in [9.17, 15) is 9.18 Å². The molecule has 0 spiro atoms. The highest BCUT2D eigenvalue weighted by Gasteiger charge is 2.29. The number of rotatable bonds is 5. The zero-order chi connectivity index (χ0) is 19.4. The van der Waals surface area contributed by atoms with Crippen LogP contribution in [0.5, 0.6) is 0 Å². The number of amides is 1. The molecule has 1 saturated heterocycles. The number of benzene rings is 2. The number of nitrogens with zero attached hydrogens (tertiary/aromatic N) is 2. The second-order valence-corrected chi connectivity index (χ2v) is 7.79. The van der Waals surface area contributed by atoms with E-state index in [1.54, 1.807) is 17.8 Å². The van der Waals surface area contributed by atoms with E-state index in [4.69, 9.17) is 11.6 Å². The zero-order valence-corrected chi connectivity index (χ0v) is 18.0. The van der Waals surface area contributed by atoms with Crippen molar-refractivity contribution in [3.05, 3.63) is 58.9 Å². The van der Waals surface area contributed by atoms with Crippen LogP contribution >= 0.6 is 35.8 Å². The minimum Gasteiger partial charge on any atom is -0.350 e. The first-order chi connectivity index (χ1) is 13.0. The molecule has 0 bridgehead atoms. The van der Waals surface area contributed by atoms with Crippen molar-refractivity contribution in [2.24, 2.45) is 4.99 Å². The summed E-state index contributed by atoms with van der Waals surface area (Å²) < 4.78 is 13.8. The number of aliphatic imine (C=N–C) groups is 1. The molecule has 1 unspecified atom stereocenters. The first-order valence-electron chi connectivity index (χ1n) is 8.74. The van der Waals surface area contributed by atoms with Crippen LogP contribution in [0.2, 0.25) is 5.02 Å². The summed E-state index contributed by atoms with van der Waals surface area (Å²) in [5.74, 6) is -0.0104. The first-order valence-corrected chi connectivity index (χ1v) is 10.1. The number of nitrogens with one attached hydrogen (secondary N) is 1. The minimum absolute atomic E-state index is 0. The van der Waals surface area contributed by atoms with E-state index in [1.807, 2.05) is 24.1 Å². The number of thioether (sulfide) groups is 1. The molecule has 1 aliphatic heterocycles. The Morgan fingerprint density at radius 2 is 2.04 bits per heavy atom. The fourth-order valence-electron chi connectivity index (χ4n) is 2.77. The number of halogens is 3. The van der Waals surface area contributed by atoms with Crippen LogP contribution in [0.15, 0.2) is 47.5 Å². The smallest absolute Gasteiger partial charge is 0.226 e. The molecule has 1 amide bonds. The maximum absolute atomic E-state index is 13.8. The molecule has 2 aromatic rings. The van der Waals surface area contributed by atoms with Gasteiger partial charge in [0.1, 0.15) is 5.82 Å². The van der Waals surface area contributed by atoms with E-state index >= 15 is 0 Å². The normalized spacial score (nSPS) is 17.5. The molecule has 4 nitrogen and oxygen atoms in total. The predicted molar refractivity (Wildman–Crippen MR) is 119 cm³/mol. The van der Waals surface area contributed by atoms with Crippen LogP contribution in [0, 0.1) is 5.82 Å². The third kappa shape index (κ3) is 5.63. The lowest BCUT2D eigenvalue weighted by Crippen LogP contribution is -2.33. The highest BCUT2D eigenvalue weighted by atomic mass is 35.5. The van der Waals surface area contributed by atoms with Crippen LogP contribution in [-0.2, 0) is 11.2 Å². The largest absolute Gasteiger partial charge is 0.350 e. The summed E-state index contributed by atoms with van der Waals surface area (Å²) in [6, 6.07) is 12.4. The van der Waals surface area contributed by atoms with Crippen LogP contribution in [0.1, 0.15) is 18.9 Å². The van der Waals surface area contributed by atoms with Crippen molar-refractivity contribution in [2.45, 2.75) is 25.8 Å². The molecule has 28 heavy (non-hydrogen) atoms. The predicted octanol–water partition coefficient (Wildman–Crippen LogP) is 5.53. The summed E-state index contributed by atoms with van der Waals surface area (Å²) in [5.41, 5.74) is 2.31. The van der Waals surface area contributed by atoms with Gasteiger partial charge in [-0.15, -0.1) is 12.4 Å². The van der Waals surface area contributed by atoms with Crippen molar-refractivity contribution in [3.8, 4) is 0 Å². The third-order valence-corrected chi connectivity index (χ3v) is 5.87. The summed E-state index contributed by atoms with van der Waals surface area (Å²) in [5, 5.41) is 3.79. The van der Waals surface area contributed by atoms with E-state index in [2.05, 4.69) is 29.4 Å². The molecule has 1 N–H and O–H groups in total. The number of hydrogen-bond donors (Lipinski definition) is 1. The molecule has 1 atom stereocenters. The molecular formula is C20H22Cl2FN3OS. The number of carbonyl (C=O) groups excluding carboxylic acids is 1. The van der Waals surface area contributed by atoms with Gasteiger partial charge >= 0.3 is 0 Å². The summed E-state index contributed by atoms with van der Waals surface area (Å²) in [7, 11) is 1.93. The van der Waals surface area contributed by atoms with Crippen LogP contribution < -0.4 is 5.32 Å². The van der Waals surface area contributed by atoms with Crippen LogP contribution in [0.3, 0.4) is 0 Å². The molecule has 1 aliphatic rings. The summed E-state index contributed by atoms with van der Waals surface area (Å²) in [6.45, 7) is 2.12. The number of anilines is 1. The monoisotopic (exact) mass is 441 g/mol. The molecule has 1 fully saturated rings. The SMILES string of the molecule is CCc1ccc(/N=C2\SCC(CC(=O)Nc3ccc(Cl)cc3F)N2C)cc1.Cl. The summed E-state index contributed by atoms with van der Waals surface area (Å²) in [4.78, 5) is 19.0. The number of carbonyl (C=O) groups is 1. The lowest BCUT2D eigenvalue weighted by atomic mass is 10.1. The van der Waals surface area contributed by atoms with Gasteiger partial charge in [0.05, 0.1) is 11.4 Å². The van der Waals surface area contributed by atoms with Crippen LogP contribution in [-0.4, -0.2) is 34.8 Å². The quantitative estimate of drug-likeness (QED) is 0.663. The lowest BCUT2D eigenvalue weighted by molar-refractivity contribution is -0.116. The van der Waals surface area contributed by atoms with E-state index in [0.29, 0.717) is 5.02 Å². The van der Waals surface area contributed by atoms with Gasteiger partial charge in [-0.2, -0.15) is 0 Å². The Kier molecular flexibility index (Phi) is 8.16. The van der Waals surface area contributed by atoms with Gasteiger partial charge in [-0.05, 0) is 42.3 Å². The van der Waals surface area contributed by atoms with Gasteiger partial charge in [0.25, 0.3) is 0 Å². The molecule has 8 heteroatoms. The van der Waals surface area contributed by atoms with Crippen molar-refractivity contribution < 1.29 is 9.18 Å². The first kappa shape index (κ1) is 22.5. The van der Waals surface area contributed by atoms with Gasteiger partial charge in [-0.3, -0.25) is 4.79 Å². The van der Waals surface area contributed by atoms with E-state index < -0.39 is 5.82 Å². The van der Waals surface area contributed by atoms with Crippen molar-refractivity contribution in [2.75, 3.05) is 18.1 Å². The summed E-state index contributed by atoms with van der Waals surface area (Å²) >= 11 is 7.36. The van der Waals surface area contributed by atoms with Gasteiger partial charge in [-0.1, -0.05) is 42.4 Å². The van der Waals surface area contributed by atoms with E-state index in [0.717, 1.165) is 23.0 Å². The molecule has 0 radical (unpaired) electrons. The topological polar surface area (TPSA) is 44.7 Å². The third-order valence-electron chi connectivity index (χ3n) is 4.45. The second-order valence-electron chi connectivity index (χ2n) is 6.37. The maximum atomic E-state index is 13.8. The Bertz CT molecular complexity index is 861. The molecule has 1 heterocycles. The van der Waals surface area contributed by atoms with Crippen molar-refractivity contribution in [1.29, 1.82) is 0 Å². The maximum Gasteiger partial charge on any atom is 0.226 e. The number of hydrogen-bond acceptors (Lipinski definition) is 3. The highest BCUT2D eigenvalue weighted by molar-refractivity contribution is 8.14. The highest BCUT2D eigenvalue weighted by Crippen LogP contribution is 2.28. The van der Waals surface area contributed by atoms with E-state index in [1.165, 1.54) is 17.7 Å². The Balaban J connectivity index is 0.00000280. The van der Waals surface area contributed by atoms with E-state index in [-0.39, 0.29) is 36.5 Å². The molecule has 150 valence electrons. The average molecular weight is 442 g/mol. The Morgan fingerprint density at radius 1 is 1.32 bits per heavy atom. The fraction of sp³-hybridized carbons (Fsp3) is 0.300. The number of aryl methyl sites for hydroxylation is 1. The van der Waals surface area contributed by atoms with Gasteiger partial charge in [0.2, 0.25) is 5.91 Å². The van der Waals surface area contributed by atoms with Crippen molar-refractivity contribution in [3.63, 3.8) is 0 Å². The average Bonchev–Trinajstić information content (AvgIpc) is 2.98.